The minimum atomic E-state index is -2.04. The van der Waals surface area contributed by atoms with Crippen LogP contribution in [-0.2, 0) is 52.4 Å². The molecule has 0 aromatic carbocycles. The molecule has 3 fully saturated rings. The molecule has 2 bridgehead atoms. The monoisotopic (exact) mass is 610 g/mol. The van der Waals surface area contributed by atoms with Crippen LogP contribution in [0.4, 0.5) is 0 Å². The minimum Gasteiger partial charge on any atom is -0.462 e. The number of fused-ring (bicyclic) bond motifs is 4. The van der Waals surface area contributed by atoms with Crippen LogP contribution in [0.15, 0.2) is 11.1 Å². The molecular formula is C30H42O13. The zero-order valence-corrected chi connectivity index (χ0v) is 26.0. The SMILES string of the molecule is CC(=O)OC1CC2(O)C(OC(C)=O)C3C4(CO4)C(OC(C)=O)CC(OC(C)=O)C3(C)C(OC(C)=O)C(O)C(=C1C)C2(C)C. The molecule has 2 N–H and O–H groups in total. The van der Waals surface area contributed by atoms with Crippen molar-refractivity contribution in [3.63, 3.8) is 0 Å². The maximum atomic E-state index is 12.9. The van der Waals surface area contributed by atoms with E-state index in [2.05, 4.69) is 0 Å². The maximum Gasteiger partial charge on any atom is 0.303 e. The Hall–Kier alpha value is -3.03. The average Bonchev–Trinajstić information content (AvgIpc) is 3.63. The molecule has 13 heteroatoms. The molecule has 1 spiro atoms. The van der Waals surface area contributed by atoms with Gasteiger partial charge in [-0.05, 0) is 18.1 Å². The van der Waals surface area contributed by atoms with Gasteiger partial charge in [0.15, 0.2) is 0 Å². The summed E-state index contributed by atoms with van der Waals surface area (Å²) >= 11 is 0. The van der Waals surface area contributed by atoms with Crippen LogP contribution < -0.4 is 0 Å². The largest absolute Gasteiger partial charge is 0.462 e. The molecule has 2 saturated carbocycles. The quantitative estimate of drug-likeness (QED) is 0.197. The van der Waals surface area contributed by atoms with E-state index in [-0.39, 0.29) is 25.0 Å². The molecule has 0 aromatic rings. The van der Waals surface area contributed by atoms with Gasteiger partial charge in [0.25, 0.3) is 0 Å². The number of aliphatic hydroxyl groups is 2. The third kappa shape index (κ3) is 5.12. The van der Waals surface area contributed by atoms with Crippen molar-refractivity contribution >= 4 is 29.8 Å². The molecule has 43 heavy (non-hydrogen) atoms. The summed E-state index contributed by atoms with van der Waals surface area (Å²) in [5.74, 6) is -4.72. The number of ether oxygens (including phenoxy) is 6. The molecule has 0 aromatic heterocycles. The predicted octanol–water partition coefficient (Wildman–Crippen LogP) is 1.29. The highest BCUT2D eigenvalue weighted by Gasteiger charge is 2.79. The van der Waals surface area contributed by atoms with Crippen molar-refractivity contribution in [1.82, 2.24) is 0 Å². The van der Waals surface area contributed by atoms with Gasteiger partial charge in [-0.1, -0.05) is 20.8 Å². The van der Waals surface area contributed by atoms with Crippen molar-refractivity contribution in [2.24, 2.45) is 16.7 Å². The first kappa shape index (κ1) is 32.9. The molecular weight excluding hydrogens is 568 g/mol. The highest BCUT2D eigenvalue weighted by Crippen LogP contribution is 2.66. The van der Waals surface area contributed by atoms with Gasteiger partial charge in [-0.3, -0.25) is 24.0 Å². The van der Waals surface area contributed by atoms with Crippen molar-refractivity contribution in [3.8, 4) is 0 Å². The number of carbonyl (C=O) groups excluding carboxylic acids is 5. The summed E-state index contributed by atoms with van der Waals surface area (Å²) in [5.41, 5.74) is -5.77. The number of rotatable bonds is 5. The summed E-state index contributed by atoms with van der Waals surface area (Å²) in [4.78, 5) is 62.4. The van der Waals surface area contributed by atoms with Crippen LogP contribution in [-0.4, -0.2) is 94.5 Å². The van der Waals surface area contributed by atoms with Crippen LogP contribution in [0.3, 0.4) is 0 Å². The Morgan fingerprint density at radius 1 is 0.767 bits per heavy atom. The average molecular weight is 611 g/mol. The number of hydrogen-bond acceptors (Lipinski definition) is 13. The van der Waals surface area contributed by atoms with Crippen LogP contribution in [0, 0.1) is 16.7 Å². The number of carbonyl (C=O) groups is 5. The zero-order chi connectivity index (χ0) is 32.4. The highest BCUT2D eigenvalue weighted by molar-refractivity contribution is 5.69. The molecule has 0 radical (unpaired) electrons. The van der Waals surface area contributed by atoms with Crippen molar-refractivity contribution in [2.45, 2.75) is 123 Å². The van der Waals surface area contributed by atoms with Crippen LogP contribution in [0.25, 0.3) is 0 Å². The number of esters is 5. The lowest BCUT2D eigenvalue weighted by Gasteiger charge is -2.64. The fourth-order valence-electron chi connectivity index (χ4n) is 8.17. The van der Waals surface area contributed by atoms with Gasteiger partial charge in [0, 0.05) is 58.8 Å². The van der Waals surface area contributed by atoms with E-state index < -0.39 is 94.4 Å². The number of hydrogen-bond donors (Lipinski definition) is 2. The molecule has 1 aliphatic heterocycles. The van der Waals surface area contributed by atoms with Gasteiger partial charge in [-0.2, -0.15) is 0 Å². The second kappa shape index (κ2) is 10.8. The van der Waals surface area contributed by atoms with Gasteiger partial charge in [-0.25, -0.2) is 0 Å². The molecule has 0 amide bonds. The van der Waals surface area contributed by atoms with Gasteiger partial charge >= 0.3 is 29.8 Å². The molecule has 1 saturated heterocycles. The van der Waals surface area contributed by atoms with Crippen LogP contribution in [0.5, 0.6) is 0 Å². The van der Waals surface area contributed by atoms with Crippen LogP contribution >= 0.6 is 0 Å². The zero-order valence-electron chi connectivity index (χ0n) is 26.0. The first-order chi connectivity index (χ1) is 19.7. The molecule has 4 aliphatic rings. The summed E-state index contributed by atoms with van der Waals surface area (Å²) < 4.78 is 35.1. The van der Waals surface area contributed by atoms with Gasteiger partial charge in [-0.15, -0.1) is 0 Å². The summed E-state index contributed by atoms with van der Waals surface area (Å²) in [6, 6.07) is 0. The van der Waals surface area contributed by atoms with Gasteiger partial charge in [0.2, 0.25) is 0 Å². The Balaban J connectivity index is 2.14. The van der Waals surface area contributed by atoms with Crippen molar-refractivity contribution in [1.29, 1.82) is 0 Å². The fraction of sp³-hybridized carbons (Fsp3) is 0.767. The lowest BCUT2D eigenvalue weighted by Crippen LogP contribution is -2.76. The summed E-state index contributed by atoms with van der Waals surface area (Å²) in [5, 5.41) is 25.2. The Morgan fingerprint density at radius 3 is 1.70 bits per heavy atom. The third-order valence-electron chi connectivity index (χ3n) is 9.98. The molecule has 13 nitrogen and oxygen atoms in total. The van der Waals surface area contributed by atoms with Gasteiger partial charge in [0.05, 0.1) is 12.0 Å². The second-order valence-corrected chi connectivity index (χ2v) is 13.0. The van der Waals surface area contributed by atoms with Gasteiger partial charge < -0.3 is 38.6 Å². The summed E-state index contributed by atoms with van der Waals surface area (Å²) in [7, 11) is 0. The second-order valence-electron chi connectivity index (χ2n) is 13.0. The maximum absolute atomic E-state index is 12.9. The summed E-state index contributed by atoms with van der Waals surface area (Å²) in [6.07, 6.45) is -8.16. The molecule has 3 aliphatic carbocycles. The van der Waals surface area contributed by atoms with E-state index in [1.807, 2.05) is 0 Å². The smallest absolute Gasteiger partial charge is 0.303 e. The standard InChI is InChI=1S/C30H42O13/c1-13-19(39-14(2)31)11-30(37)26(43-18(6)35)24-28(9,25(42-17(5)34)23(36)22(13)27(30,7)8)20(40-15(3)32)10-21(41-16(4)33)29(24)12-38-29/h19-21,23-26,36-37H,10-12H2,1-9H3. The normalized spacial score (nSPS) is 41.1. The Labute approximate surface area is 250 Å². The van der Waals surface area contributed by atoms with Crippen molar-refractivity contribution < 1.29 is 62.6 Å². The molecule has 4 rings (SSSR count). The predicted molar refractivity (Wildman–Crippen MR) is 145 cm³/mol. The van der Waals surface area contributed by atoms with E-state index in [1.165, 1.54) is 20.8 Å². The topological polar surface area (TPSA) is 184 Å². The van der Waals surface area contributed by atoms with Crippen molar-refractivity contribution in [2.75, 3.05) is 6.61 Å². The van der Waals surface area contributed by atoms with Gasteiger partial charge in [0.1, 0.15) is 47.8 Å². The van der Waals surface area contributed by atoms with Crippen LogP contribution in [0.2, 0.25) is 0 Å². The number of epoxide rings is 1. The van der Waals surface area contributed by atoms with E-state index in [9.17, 15) is 34.2 Å². The number of aliphatic hydroxyl groups excluding tert-OH is 1. The van der Waals surface area contributed by atoms with E-state index in [4.69, 9.17) is 28.4 Å². The van der Waals surface area contributed by atoms with E-state index in [0.29, 0.717) is 5.57 Å². The first-order valence-corrected chi connectivity index (χ1v) is 14.4. The molecule has 240 valence electrons. The van der Waals surface area contributed by atoms with Crippen molar-refractivity contribution in [3.05, 3.63) is 11.1 Å². The third-order valence-corrected chi connectivity index (χ3v) is 9.98. The Morgan fingerprint density at radius 2 is 1.23 bits per heavy atom. The fourth-order valence-corrected chi connectivity index (χ4v) is 8.17. The Kier molecular flexibility index (Phi) is 8.29. The van der Waals surface area contributed by atoms with E-state index in [1.54, 1.807) is 27.7 Å². The Bertz CT molecular complexity index is 1250. The molecule has 1 heterocycles. The van der Waals surface area contributed by atoms with E-state index >= 15 is 0 Å². The van der Waals surface area contributed by atoms with E-state index in [0.717, 1.165) is 13.8 Å². The molecule has 10 unspecified atom stereocenters. The molecule has 10 atom stereocenters. The lowest BCUT2D eigenvalue weighted by molar-refractivity contribution is -0.283. The minimum absolute atomic E-state index is 0.00967. The first-order valence-electron chi connectivity index (χ1n) is 14.4. The summed E-state index contributed by atoms with van der Waals surface area (Å²) in [6.45, 7) is 12.5. The van der Waals surface area contributed by atoms with Crippen LogP contribution in [0.1, 0.15) is 75.2 Å². The highest BCUT2D eigenvalue weighted by atomic mass is 16.6. The lowest BCUT2D eigenvalue weighted by atomic mass is 9.45.